The highest BCUT2D eigenvalue weighted by Crippen LogP contribution is 2.22. The Hall–Kier alpha value is -1.39. The van der Waals surface area contributed by atoms with Crippen LogP contribution in [-0.4, -0.2) is 58.6 Å². The van der Waals surface area contributed by atoms with Crippen molar-refractivity contribution < 1.29 is 9.90 Å². The third-order valence-electron chi connectivity index (χ3n) is 5.33. The van der Waals surface area contributed by atoms with Crippen LogP contribution < -0.4 is 0 Å². The molecule has 2 heterocycles. The molecule has 3 rings (SSSR count). The normalized spacial score (nSPS) is 22.3. The molecule has 24 heavy (non-hydrogen) atoms. The number of carbonyl (C=O) groups excluding carboxylic acids is 1. The Labute approximate surface area is 145 Å². The number of amides is 1. The highest BCUT2D eigenvalue weighted by atomic mass is 16.3. The van der Waals surface area contributed by atoms with E-state index in [9.17, 15) is 9.90 Å². The summed E-state index contributed by atoms with van der Waals surface area (Å²) >= 11 is 0. The Kier molecular flexibility index (Phi) is 5.26. The van der Waals surface area contributed by atoms with Gasteiger partial charge in [-0.25, -0.2) is 0 Å². The number of nitrogens with zero attached hydrogens (tertiary/aromatic N) is 2. The number of likely N-dealkylation sites (tertiary alicyclic amines) is 2. The van der Waals surface area contributed by atoms with Crippen molar-refractivity contribution in [2.75, 3.05) is 26.2 Å². The molecule has 2 aliphatic heterocycles. The fraction of sp³-hybridized carbons (Fsp3) is 0.650. The molecule has 4 heteroatoms. The molecule has 1 N–H and O–H groups in total. The number of aliphatic hydroxyl groups is 1. The molecule has 0 aromatic heterocycles. The van der Waals surface area contributed by atoms with Crippen molar-refractivity contribution in [1.29, 1.82) is 0 Å². The van der Waals surface area contributed by atoms with Gasteiger partial charge in [-0.1, -0.05) is 12.1 Å². The van der Waals surface area contributed by atoms with E-state index in [2.05, 4.69) is 4.90 Å². The summed E-state index contributed by atoms with van der Waals surface area (Å²) in [5.74, 6) is 0.158. The predicted molar refractivity (Wildman–Crippen MR) is 96.2 cm³/mol. The van der Waals surface area contributed by atoms with Gasteiger partial charge in [-0.2, -0.15) is 0 Å². The second-order valence-electron chi connectivity index (χ2n) is 7.95. The Bertz CT molecular complexity index is 556. The first-order valence-electron chi connectivity index (χ1n) is 9.27. The van der Waals surface area contributed by atoms with Crippen molar-refractivity contribution >= 4 is 5.91 Å². The molecule has 0 radical (unpaired) electrons. The lowest BCUT2D eigenvalue weighted by molar-refractivity contribution is 0.0712. The lowest BCUT2D eigenvalue weighted by Crippen LogP contribution is -2.37. The number of hydrogen-bond acceptors (Lipinski definition) is 3. The summed E-state index contributed by atoms with van der Waals surface area (Å²) in [6, 6.07) is 8.47. The van der Waals surface area contributed by atoms with Gasteiger partial charge in [0.15, 0.2) is 0 Å². The number of carbonyl (C=O) groups is 1. The van der Waals surface area contributed by atoms with Gasteiger partial charge in [0.25, 0.3) is 5.91 Å². The molecule has 1 atom stereocenters. The van der Waals surface area contributed by atoms with Gasteiger partial charge in [-0.15, -0.1) is 0 Å². The quantitative estimate of drug-likeness (QED) is 0.903. The second-order valence-corrected chi connectivity index (χ2v) is 7.95. The molecule has 0 bridgehead atoms. The molecule has 2 aliphatic rings. The maximum Gasteiger partial charge on any atom is 0.253 e. The van der Waals surface area contributed by atoms with E-state index in [0.717, 1.165) is 37.9 Å². The van der Waals surface area contributed by atoms with Crippen molar-refractivity contribution in [3.63, 3.8) is 0 Å². The molecule has 2 saturated heterocycles. The van der Waals surface area contributed by atoms with Gasteiger partial charge < -0.3 is 10.0 Å². The van der Waals surface area contributed by atoms with Crippen molar-refractivity contribution in [2.45, 2.75) is 57.6 Å². The maximum atomic E-state index is 12.7. The van der Waals surface area contributed by atoms with Crippen LogP contribution in [0.25, 0.3) is 0 Å². The summed E-state index contributed by atoms with van der Waals surface area (Å²) in [7, 11) is 0. The van der Waals surface area contributed by atoms with Crippen molar-refractivity contribution in [2.24, 2.45) is 0 Å². The predicted octanol–water partition coefficient (Wildman–Crippen LogP) is 2.70. The van der Waals surface area contributed by atoms with Crippen LogP contribution in [0.15, 0.2) is 24.3 Å². The van der Waals surface area contributed by atoms with E-state index in [1.807, 2.05) is 43.0 Å². The summed E-state index contributed by atoms with van der Waals surface area (Å²) in [5.41, 5.74) is 1.31. The Morgan fingerprint density at radius 3 is 2.46 bits per heavy atom. The first-order valence-corrected chi connectivity index (χ1v) is 9.27. The van der Waals surface area contributed by atoms with Crippen LogP contribution in [0.3, 0.4) is 0 Å². The third-order valence-corrected chi connectivity index (χ3v) is 5.33. The number of benzene rings is 1. The average molecular weight is 330 g/mol. The van der Waals surface area contributed by atoms with Gasteiger partial charge in [-0.3, -0.25) is 9.69 Å². The topological polar surface area (TPSA) is 43.8 Å². The average Bonchev–Trinajstić information content (AvgIpc) is 3.23. The van der Waals surface area contributed by atoms with Crippen molar-refractivity contribution in [3.8, 4) is 0 Å². The first-order chi connectivity index (χ1) is 11.4. The van der Waals surface area contributed by atoms with Crippen LogP contribution >= 0.6 is 0 Å². The van der Waals surface area contributed by atoms with E-state index in [1.54, 1.807) is 0 Å². The summed E-state index contributed by atoms with van der Waals surface area (Å²) in [4.78, 5) is 17.3. The highest BCUT2D eigenvalue weighted by molar-refractivity contribution is 5.94. The molecular formula is C20H30N2O2. The van der Waals surface area contributed by atoms with Gasteiger partial charge in [-0.05, 0) is 76.7 Å². The van der Waals surface area contributed by atoms with Crippen LogP contribution in [0, 0.1) is 0 Å². The molecule has 132 valence electrons. The molecule has 1 unspecified atom stereocenters. The minimum Gasteiger partial charge on any atom is -0.390 e. The van der Waals surface area contributed by atoms with Crippen LogP contribution in [-0.2, 0) is 6.42 Å². The molecule has 1 aromatic rings. The number of hydrogen-bond donors (Lipinski definition) is 1. The fourth-order valence-electron chi connectivity index (χ4n) is 3.78. The number of aryl methyl sites for hydroxylation is 1. The lowest BCUT2D eigenvalue weighted by atomic mass is 9.98. The van der Waals surface area contributed by atoms with Gasteiger partial charge >= 0.3 is 0 Å². The van der Waals surface area contributed by atoms with Crippen LogP contribution in [0.1, 0.15) is 55.5 Å². The van der Waals surface area contributed by atoms with Crippen molar-refractivity contribution in [3.05, 3.63) is 35.4 Å². The zero-order valence-electron chi connectivity index (χ0n) is 15.0. The van der Waals surface area contributed by atoms with E-state index in [0.29, 0.717) is 6.04 Å². The van der Waals surface area contributed by atoms with E-state index in [4.69, 9.17) is 0 Å². The molecule has 0 saturated carbocycles. The van der Waals surface area contributed by atoms with E-state index in [-0.39, 0.29) is 5.91 Å². The molecular weight excluding hydrogens is 300 g/mol. The number of rotatable bonds is 5. The van der Waals surface area contributed by atoms with Crippen molar-refractivity contribution in [1.82, 2.24) is 9.80 Å². The van der Waals surface area contributed by atoms with Crippen LogP contribution in [0.5, 0.6) is 0 Å². The summed E-state index contributed by atoms with van der Waals surface area (Å²) in [5, 5.41) is 9.82. The van der Waals surface area contributed by atoms with Crippen LogP contribution in [0.2, 0.25) is 0 Å². The van der Waals surface area contributed by atoms with Crippen LogP contribution in [0.4, 0.5) is 0 Å². The van der Waals surface area contributed by atoms with E-state index in [1.165, 1.54) is 31.5 Å². The lowest BCUT2D eigenvalue weighted by Gasteiger charge is -2.23. The maximum absolute atomic E-state index is 12.7. The zero-order chi connectivity index (χ0) is 17.2. The standard InChI is InChI=1S/C20H30N2O2/c1-20(2,24)11-9-16-5-7-17(8-6-16)19(23)22-14-10-18(15-22)21-12-3-4-13-21/h5-8,18,24H,3-4,9-15H2,1-2H3. The van der Waals surface area contributed by atoms with Gasteiger partial charge in [0.05, 0.1) is 5.60 Å². The highest BCUT2D eigenvalue weighted by Gasteiger charge is 2.31. The molecule has 4 nitrogen and oxygen atoms in total. The molecule has 0 aliphatic carbocycles. The minimum atomic E-state index is -0.644. The Morgan fingerprint density at radius 2 is 1.83 bits per heavy atom. The molecule has 2 fully saturated rings. The third kappa shape index (κ3) is 4.37. The SMILES string of the molecule is CC(C)(O)CCc1ccc(C(=O)N2CCC(N3CCCC3)C2)cc1. The van der Waals surface area contributed by atoms with Gasteiger partial charge in [0.2, 0.25) is 0 Å². The van der Waals surface area contributed by atoms with E-state index >= 15 is 0 Å². The summed E-state index contributed by atoms with van der Waals surface area (Å²) in [6.45, 7) is 7.80. The Balaban J connectivity index is 1.55. The van der Waals surface area contributed by atoms with Gasteiger partial charge in [0, 0.05) is 24.7 Å². The summed E-state index contributed by atoms with van der Waals surface area (Å²) in [6.07, 6.45) is 5.27. The zero-order valence-corrected chi connectivity index (χ0v) is 15.0. The molecule has 1 aromatic carbocycles. The largest absolute Gasteiger partial charge is 0.390 e. The monoisotopic (exact) mass is 330 g/mol. The minimum absolute atomic E-state index is 0.158. The first kappa shape index (κ1) is 17.4. The second kappa shape index (κ2) is 7.24. The smallest absolute Gasteiger partial charge is 0.253 e. The fourth-order valence-corrected chi connectivity index (χ4v) is 3.78. The van der Waals surface area contributed by atoms with E-state index < -0.39 is 5.60 Å². The molecule has 1 amide bonds. The summed E-state index contributed by atoms with van der Waals surface area (Å²) < 4.78 is 0. The molecule has 0 spiro atoms. The Morgan fingerprint density at radius 1 is 1.17 bits per heavy atom. The van der Waals surface area contributed by atoms with Gasteiger partial charge in [0.1, 0.15) is 0 Å².